The van der Waals surface area contributed by atoms with E-state index in [-0.39, 0.29) is 27.1 Å². The van der Waals surface area contributed by atoms with E-state index >= 15 is 0 Å². The predicted molar refractivity (Wildman–Crippen MR) is 256 cm³/mol. The maximum atomic E-state index is 14.5. The molecule has 0 saturated carbocycles. The molecule has 0 amide bonds. The van der Waals surface area contributed by atoms with Crippen molar-refractivity contribution >= 4 is 39.4 Å². The SMILES string of the molecule is CC(C)(C)c1cc(C(C)(C)C)c(OP(O)(O)(c2cc3ccc(C(C)(C)C)cc3cc2C(C)(C)C)c2cc3ccc(C(C)(C)C)cc3cc2C(C)(C)C)c(C(C)(C)C)c1. The number of hydrogen-bond donors (Lipinski definition) is 2. The Balaban J connectivity index is 2.09. The van der Waals surface area contributed by atoms with Gasteiger partial charge < -0.3 is 0 Å². The Bertz CT molecular complexity index is 2220. The van der Waals surface area contributed by atoms with E-state index in [4.69, 9.17) is 4.52 Å². The summed E-state index contributed by atoms with van der Waals surface area (Å²) in [4.78, 5) is 29.0. The Morgan fingerprint density at radius 1 is 0.328 bits per heavy atom. The molecule has 0 aromatic heterocycles. The molecule has 316 valence electrons. The van der Waals surface area contributed by atoms with Crippen molar-refractivity contribution in [2.24, 2.45) is 0 Å². The van der Waals surface area contributed by atoms with E-state index < -0.39 is 18.1 Å². The number of fused-ring (bicyclic) bond motifs is 2. The molecular weight excluding hydrogens is 728 g/mol. The van der Waals surface area contributed by atoms with Crippen molar-refractivity contribution in [3.05, 3.63) is 112 Å². The van der Waals surface area contributed by atoms with Crippen LogP contribution in [0.3, 0.4) is 0 Å². The zero-order valence-corrected chi connectivity index (χ0v) is 41.1. The molecule has 5 aromatic rings. The summed E-state index contributed by atoms with van der Waals surface area (Å²) in [6, 6.07) is 26.1. The molecule has 2 N–H and O–H groups in total. The first-order valence-electron chi connectivity index (χ1n) is 21.4. The molecule has 0 atom stereocenters. The third kappa shape index (κ3) is 8.80. The van der Waals surface area contributed by atoms with Gasteiger partial charge in [-0.1, -0.05) is 0 Å². The molecule has 0 aliphatic rings. The Labute approximate surface area is 353 Å². The third-order valence-corrected chi connectivity index (χ3v) is 15.0. The van der Waals surface area contributed by atoms with Crippen molar-refractivity contribution in [2.45, 2.75) is 183 Å². The maximum absolute atomic E-state index is 14.5. The summed E-state index contributed by atoms with van der Waals surface area (Å²) >= 11 is 0. The van der Waals surface area contributed by atoms with Crippen LogP contribution >= 0.6 is 7.28 Å². The molecule has 0 heterocycles. The summed E-state index contributed by atoms with van der Waals surface area (Å²) in [6.45, 7) is 46.3. The second kappa shape index (κ2) is 13.9. The van der Waals surface area contributed by atoms with E-state index in [2.05, 4.69) is 206 Å². The van der Waals surface area contributed by atoms with Crippen LogP contribution in [-0.2, 0) is 37.9 Å². The first-order chi connectivity index (χ1) is 25.8. The van der Waals surface area contributed by atoms with Crippen LogP contribution < -0.4 is 15.1 Å². The monoisotopic (exact) mass is 805 g/mol. The van der Waals surface area contributed by atoms with Crippen molar-refractivity contribution in [3.63, 3.8) is 0 Å². The predicted octanol–water partition coefficient (Wildman–Crippen LogP) is 14.4. The average molecular weight is 805 g/mol. The van der Waals surface area contributed by atoms with E-state index in [0.29, 0.717) is 16.4 Å². The Hall–Kier alpha value is -3.23. The van der Waals surface area contributed by atoms with Crippen LogP contribution in [0.1, 0.15) is 184 Å². The molecule has 4 heteroatoms. The molecule has 3 nitrogen and oxygen atoms in total. The van der Waals surface area contributed by atoms with Gasteiger partial charge in [0.05, 0.1) is 0 Å². The quantitative estimate of drug-likeness (QED) is 0.178. The van der Waals surface area contributed by atoms with Crippen LogP contribution in [0.5, 0.6) is 5.75 Å². The Kier molecular flexibility index (Phi) is 11.0. The summed E-state index contributed by atoms with van der Waals surface area (Å²) in [5, 5.41) is 4.93. The van der Waals surface area contributed by atoms with Gasteiger partial charge in [-0.05, 0) is 0 Å². The average Bonchev–Trinajstić information content (AvgIpc) is 3.03. The topological polar surface area (TPSA) is 49.7 Å². The zero-order valence-electron chi connectivity index (χ0n) is 40.2. The fraction of sp³-hybridized carbons (Fsp3) is 0.519. The molecule has 0 spiro atoms. The van der Waals surface area contributed by atoms with Crippen LogP contribution in [0.15, 0.2) is 72.8 Å². The molecule has 0 saturated heterocycles. The number of benzene rings is 5. The van der Waals surface area contributed by atoms with E-state index in [1.165, 1.54) is 16.7 Å². The van der Waals surface area contributed by atoms with Crippen LogP contribution in [0.4, 0.5) is 0 Å². The van der Waals surface area contributed by atoms with Crippen LogP contribution in [0.25, 0.3) is 21.5 Å². The van der Waals surface area contributed by atoms with Gasteiger partial charge in [0.15, 0.2) is 0 Å². The molecular formula is C54H77O3P. The second-order valence-corrected chi connectivity index (χ2v) is 27.6. The van der Waals surface area contributed by atoms with Crippen molar-refractivity contribution in [1.82, 2.24) is 0 Å². The first-order valence-corrected chi connectivity index (χ1v) is 23.5. The zero-order chi connectivity index (χ0) is 44.2. The van der Waals surface area contributed by atoms with Crippen LogP contribution in [-0.4, -0.2) is 9.79 Å². The van der Waals surface area contributed by atoms with Gasteiger partial charge in [0.2, 0.25) is 0 Å². The molecule has 0 bridgehead atoms. The minimum atomic E-state index is -5.72. The normalized spacial score (nSPS) is 14.8. The summed E-state index contributed by atoms with van der Waals surface area (Å²) in [5.74, 6) is 0.557. The van der Waals surface area contributed by atoms with Gasteiger partial charge in [-0.25, -0.2) is 0 Å². The molecule has 5 aromatic carbocycles. The fourth-order valence-electron chi connectivity index (χ4n) is 8.05. The van der Waals surface area contributed by atoms with Crippen molar-refractivity contribution in [1.29, 1.82) is 0 Å². The van der Waals surface area contributed by atoms with Crippen molar-refractivity contribution in [2.75, 3.05) is 0 Å². The number of rotatable bonds is 4. The van der Waals surface area contributed by atoms with E-state index in [9.17, 15) is 9.79 Å². The molecule has 58 heavy (non-hydrogen) atoms. The molecule has 0 fully saturated rings. The van der Waals surface area contributed by atoms with Gasteiger partial charge in [-0.2, -0.15) is 0 Å². The second-order valence-electron chi connectivity index (χ2n) is 24.6. The van der Waals surface area contributed by atoms with Crippen LogP contribution in [0, 0.1) is 0 Å². The standard InChI is InChI=1S/C54H77O3P/c1-48(2,3)38-24-22-34-30-45(41(51(10,11)12)28-36(34)26-38)58(55,56,46-31-35-23-25-39(49(4,5)6)27-37(35)29-42(46)52(13,14)15)57-47-43(53(16,17)18)32-40(50(7,8)9)33-44(47)54(19,20)21/h22-33,55-56H,1-21H3. The molecule has 5 rings (SSSR count). The summed E-state index contributed by atoms with van der Waals surface area (Å²) < 4.78 is 7.61. The van der Waals surface area contributed by atoms with Crippen molar-refractivity contribution in [3.8, 4) is 5.75 Å². The van der Waals surface area contributed by atoms with E-state index in [1.807, 2.05) is 12.1 Å². The first kappa shape index (κ1) is 45.8. The summed E-state index contributed by atoms with van der Waals surface area (Å²) in [6.07, 6.45) is 0. The van der Waals surface area contributed by atoms with Gasteiger partial charge in [0.25, 0.3) is 0 Å². The Morgan fingerprint density at radius 3 is 0.914 bits per heavy atom. The number of hydrogen-bond acceptors (Lipinski definition) is 3. The van der Waals surface area contributed by atoms with E-state index in [1.54, 1.807) is 0 Å². The van der Waals surface area contributed by atoms with Crippen molar-refractivity contribution < 1.29 is 14.3 Å². The van der Waals surface area contributed by atoms with Gasteiger partial charge in [-0.3, -0.25) is 0 Å². The molecule has 0 aliphatic carbocycles. The minimum absolute atomic E-state index is 0.0451. The fourth-order valence-corrected chi connectivity index (χ4v) is 11.5. The molecule has 0 radical (unpaired) electrons. The van der Waals surface area contributed by atoms with Crippen LogP contribution in [0.2, 0.25) is 0 Å². The van der Waals surface area contributed by atoms with Gasteiger partial charge in [0.1, 0.15) is 0 Å². The molecule has 0 unspecified atom stereocenters. The van der Waals surface area contributed by atoms with E-state index in [0.717, 1.165) is 43.8 Å². The van der Waals surface area contributed by atoms with Gasteiger partial charge in [-0.15, -0.1) is 0 Å². The molecule has 0 aliphatic heterocycles. The van der Waals surface area contributed by atoms with Gasteiger partial charge >= 0.3 is 355 Å². The van der Waals surface area contributed by atoms with Gasteiger partial charge in [0, 0.05) is 0 Å². The summed E-state index contributed by atoms with van der Waals surface area (Å²) in [5.41, 5.74) is 5.33. The summed E-state index contributed by atoms with van der Waals surface area (Å²) in [7, 11) is -5.72. The Morgan fingerprint density at radius 2 is 0.638 bits per heavy atom. The third-order valence-electron chi connectivity index (χ3n) is 12.0.